The summed E-state index contributed by atoms with van der Waals surface area (Å²) in [5.41, 5.74) is 7.51. The van der Waals surface area contributed by atoms with Gasteiger partial charge >= 0.3 is 21.7 Å². The molecule has 4 nitrogen and oxygen atoms in total. The minimum atomic E-state index is -0.671. The van der Waals surface area contributed by atoms with Gasteiger partial charge < -0.3 is 10.0 Å². The SMILES string of the molecule is CCCCN(NCC(C)(C)CC)c1ccc(F)[c-]c1F.CCCCN(NCC(C)(C)CC)c1ccc(F)[c-]c1F.[Ti+4].c1cc[cH-]c1.c1cc[cH-]c1. The van der Waals surface area contributed by atoms with Gasteiger partial charge in [-0.25, -0.2) is 52.7 Å². The van der Waals surface area contributed by atoms with Crippen LogP contribution < -0.4 is 20.9 Å². The van der Waals surface area contributed by atoms with E-state index in [0.717, 1.165) is 51.6 Å². The van der Waals surface area contributed by atoms with Crippen LogP contribution in [-0.4, -0.2) is 26.2 Å². The molecule has 2 N–H and O–H groups in total. The van der Waals surface area contributed by atoms with Crippen LogP contribution in [0.5, 0.6) is 0 Å². The van der Waals surface area contributed by atoms with Crippen molar-refractivity contribution in [2.75, 3.05) is 36.2 Å². The molecule has 4 rings (SSSR count). The second-order valence-corrected chi connectivity index (χ2v) is 13.7. The van der Waals surface area contributed by atoms with Gasteiger partial charge in [0.1, 0.15) is 0 Å². The first kappa shape index (κ1) is 48.1. The Balaban J connectivity index is 0.000000754. The van der Waals surface area contributed by atoms with Gasteiger partial charge in [-0.1, -0.05) is 68.2 Å². The van der Waals surface area contributed by atoms with Gasteiger partial charge in [-0.05, 0) is 47.9 Å². The fourth-order valence-electron chi connectivity index (χ4n) is 4.00. The Morgan fingerprint density at radius 3 is 1.16 bits per heavy atom. The normalized spacial score (nSPS) is 10.7. The molecule has 0 aliphatic rings. The number of benzene rings is 2. The van der Waals surface area contributed by atoms with E-state index in [1.165, 1.54) is 24.3 Å². The van der Waals surface area contributed by atoms with E-state index in [4.69, 9.17) is 0 Å². The van der Waals surface area contributed by atoms with Crippen LogP contribution in [0.25, 0.3) is 0 Å². The maximum absolute atomic E-state index is 13.9. The smallest absolute Gasteiger partial charge is 0.359 e. The van der Waals surface area contributed by atoms with Crippen molar-refractivity contribution in [3.8, 4) is 0 Å². The Morgan fingerprint density at radius 2 is 0.922 bits per heavy atom. The van der Waals surface area contributed by atoms with Gasteiger partial charge in [0, 0.05) is 49.4 Å². The van der Waals surface area contributed by atoms with Gasteiger partial charge in [-0.15, -0.1) is 36.4 Å². The third-order valence-electron chi connectivity index (χ3n) is 8.26. The zero-order valence-corrected chi connectivity index (χ0v) is 33.6. The van der Waals surface area contributed by atoms with Gasteiger partial charge in [0.25, 0.3) is 0 Å². The summed E-state index contributed by atoms with van der Waals surface area (Å²) >= 11 is 0. The van der Waals surface area contributed by atoms with Crippen molar-refractivity contribution in [1.82, 2.24) is 10.9 Å². The summed E-state index contributed by atoms with van der Waals surface area (Å²) < 4.78 is 53.6. The number of nitrogens with zero attached hydrogens (tertiary/aromatic N) is 2. The van der Waals surface area contributed by atoms with Crippen LogP contribution in [0.15, 0.2) is 84.9 Å². The number of unbranched alkanes of at least 4 members (excludes halogenated alkanes) is 2. The van der Waals surface area contributed by atoms with Crippen LogP contribution in [0.2, 0.25) is 0 Å². The van der Waals surface area contributed by atoms with Crippen LogP contribution in [-0.2, 0) is 21.7 Å². The molecular weight excluding hydrogens is 684 g/mol. The maximum Gasteiger partial charge on any atom is 4.00 e. The third-order valence-corrected chi connectivity index (χ3v) is 8.26. The van der Waals surface area contributed by atoms with Gasteiger partial charge in [-0.2, -0.15) is 36.4 Å². The van der Waals surface area contributed by atoms with Crippen molar-refractivity contribution in [2.24, 2.45) is 10.8 Å². The first-order valence-corrected chi connectivity index (χ1v) is 17.9. The standard InChI is InChI=1S/2C16H25F2N2.2C5H5.Ti/c2*1-5-7-10-20(19-12-16(3,4)6-2)15-9-8-13(17)11-14(15)18;2*1-2-4-5-3-1;/h2*8-9,19H,5-7,10,12H2,1-4H3;2*1-5H;/q4*-1;+4. The van der Waals surface area contributed by atoms with Crippen molar-refractivity contribution >= 4 is 11.4 Å². The van der Waals surface area contributed by atoms with Gasteiger partial charge in [0.2, 0.25) is 0 Å². The Bertz CT molecular complexity index is 1240. The number of halogens is 4. The van der Waals surface area contributed by atoms with Crippen LogP contribution >= 0.6 is 0 Å². The first-order valence-electron chi connectivity index (χ1n) is 17.9. The summed E-state index contributed by atoms with van der Waals surface area (Å²) in [4.78, 5) is 0. The molecule has 0 atom stereocenters. The summed E-state index contributed by atoms with van der Waals surface area (Å²) in [6, 6.07) is 29.6. The summed E-state index contributed by atoms with van der Waals surface area (Å²) in [7, 11) is 0. The Morgan fingerprint density at radius 1 is 0.588 bits per heavy atom. The molecule has 0 radical (unpaired) electrons. The molecule has 0 heterocycles. The van der Waals surface area contributed by atoms with E-state index < -0.39 is 23.3 Å². The number of hydrazine groups is 2. The molecule has 0 aromatic heterocycles. The molecule has 0 spiro atoms. The first-order chi connectivity index (χ1) is 23.8. The number of nitrogens with one attached hydrogen (secondary N) is 2. The molecule has 4 aromatic rings. The fraction of sp³-hybridized carbons (Fsp3) is 0.476. The van der Waals surface area contributed by atoms with E-state index in [1.807, 2.05) is 60.7 Å². The number of hydrogen-bond donors (Lipinski definition) is 2. The van der Waals surface area contributed by atoms with Crippen LogP contribution in [0.3, 0.4) is 0 Å². The molecule has 0 fully saturated rings. The molecule has 0 amide bonds. The average Bonchev–Trinajstić information content (AvgIpc) is 3.87. The van der Waals surface area contributed by atoms with E-state index >= 15 is 0 Å². The van der Waals surface area contributed by atoms with Crippen molar-refractivity contribution < 1.29 is 39.3 Å². The molecule has 0 saturated heterocycles. The van der Waals surface area contributed by atoms with Crippen LogP contribution in [0.1, 0.15) is 93.9 Å². The topological polar surface area (TPSA) is 30.5 Å². The minimum absolute atomic E-state index is 0. The molecule has 0 aliphatic heterocycles. The summed E-state index contributed by atoms with van der Waals surface area (Å²) in [5, 5.41) is 3.54. The van der Waals surface area contributed by atoms with Crippen LogP contribution in [0, 0.1) is 46.2 Å². The van der Waals surface area contributed by atoms with E-state index in [1.54, 1.807) is 10.0 Å². The Hall–Kier alpha value is -2.91. The average molecular weight is 745 g/mol. The van der Waals surface area contributed by atoms with E-state index in [9.17, 15) is 17.6 Å². The monoisotopic (exact) mass is 744 g/mol. The zero-order chi connectivity index (χ0) is 37.4. The van der Waals surface area contributed by atoms with Crippen molar-refractivity contribution in [3.63, 3.8) is 0 Å². The predicted octanol–water partition coefficient (Wildman–Crippen LogP) is 11.4. The molecule has 0 aliphatic carbocycles. The fourth-order valence-corrected chi connectivity index (χ4v) is 4.00. The second kappa shape index (κ2) is 26.8. The molecule has 4 aromatic carbocycles. The van der Waals surface area contributed by atoms with Crippen molar-refractivity contribution in [3.05, 3.63) is 120 Å². The quantitative estimate of drug-likeness (QED) is 0.0518. The number of anilines is 2. The van der Waals surface area contributed by atoms with Gasteiger partial charge in [-0.3, -0.25) is 0 Å². The Labute approximate surface area is 321 Å². The van der Waals surface area contributed by atoms with Gasteiger partial charge in [0.05, 0.1) is 0 Å². The maximum atomic E-state index is 13.9. The molecule has 0 bridgehead atoms. The third kappa shape index (κ3) is 21.3. The zero-order valence-electron chi connectivity index (χ0n) is 32.1. The summed E-state index contributed by atoms with van der Waals surface area (Å²) in [6.45, 7) is 19.9. The number of rotatable bonds is 16. The molecule has 0 unspecified atom stereocenters. The predicted molar refractivity (Wildman–Crippen MR) is 203 cm³/mol. The molecule has 280 valence electrons. The minimum Gasteiger partial charge on any atom is -0.359 e. The van der Waals surface area contributed by atoms with E-state index in [0.29, 0.717) is 24.5 Å². The van der Waals surface area contributed by atoms with E-state index in [-0.39, 0.29) is 32.5 Å². The number of hydrogen-bond acceptors (Lipinski definition) is 4. The molecule has 0 saturated carbocycles. The molecule has 51 heavy (non-hydrogen) atoms. The van der Waals surface area contributed by atoms with Crippen molar-refractivity contribution in [1.29, 1.82) is 0 Å². The molecular formula is C42H60F4N4Ti. The summed E-state index contributed by atoms with van der Waals surface area (Å²) in [6.07, 6.45) is 5.97. The largest absolute Gasteiger partial charge is 4.00 e. The van der Waals surface area contributed by atoms with Crippen molar-refractivity contribution in [2.45, 2.75) is 93.9 Å². The Kier molecular flexibility index (Phi) is 25.3. The van der Waals surface area contributed by atoms with Gasteiger partial charge in [0.15, 0.2) is 0 Å². The molecule has 9 heteroatoms. The van der Waals surface area contributed by atoms with E-state index in [2.05, 4.69) is 78.4 Å². The summed E-state index contributed by atoms with van der Waals surface area (Å²) in [5.74, 6) is -2.64. The van der Waals surface area contributed by atoms with Crippen LogP contribution in [0.4, 0.5) is 28.9 Å². The second-order valence-electron chi connectivity index (χ2n) is 13.7.